The highest BCUT2D eigenvalue weighted by atomic mass is 16.7. The predicted octanol–water partition coefficient (Wildman–Crippen LogP) is 3.78. The molecular formula is C22H38BNO4. The fourth-order valence-corrected chi connectivity index (χ4v) is 7.02. The van der Waals surface area contributed by atoms with Gasteiger partial charge in [0.25, 0.3) is 0 Å². The lowest BCUT2D eigenvalue weighted by atomic mass is 9.43. The van der Waals surface area contributed by atoms with Gasteiger partial charge < -0.3 is 19.3 Å². The molecular weight excluding hydrogens is 353 g/mol. The summed E-state index contributed by atoms with van der Waals surface area (Å²) in [6.07, 6.45) is 7.54. The van der Waals surface area contributed by atoms with Crippen molar-refractivity contribution in [1.82, 2.24) is 4.90 Å². The van der Waals surface area contributed by atoms with Crippen LogP contribution in [0.25, 0.3) is 0 Å². The molecule has 5 nitrogen and oxygen atoms in total. The second-order valence-electron chi connectivity index (χ2n) is 11.1. The van der Waals surface area contributed by atoms with E-state index in [0.717, 1.165) is 50.9 Å². The Hall–Kier alpha value is -0.585. The second kappa shape index (κ2) is 7.28. The maximum absolute atomic E-state index is 11.8. The molecule has 6 heteroatoms. The van der Waals surface area contributed by atoms with Gasteiger partial charge >= 0.3 is 13.1 Å². The molecule has 5 aliphatic rings. The maximum atomic E-state index is 11.8. The molecule has 0 amide bonds. The first-order chi connectivity index (χ1) is 13.1. The van der Waals surface area contributed by atoms with Crippen LogP contribution in [0.4, 0.5) is 0 Å². The molecule has 7 atom stereocenters. The van der Waals surface area contributed by atoms with E-state index < -0.39 is 5.97 Å². The second-order valence-corrected chi connectivity index (χ2v) is 11.1. The zero-order valence-electron chi connectivity index (χ0n) is 18.3. The van der Waals surface area contributed by atoms with Crippen LogP contribution in [0.5, 0.6) is 0 Å². The standard InChI is InChI=1S/C22H38BNO4/c1-21(2)16-11-18(21)22(3)19(12-16)27-23(28-22)9-8-14-6-7-15(13-24(4)5)17(10-14)20(25)26/h14-19H,6-13H2,1-5H3,(H,25,26)/t14-,15-,16+,17-,18+,19-,22+/m0/s1. The van der Waals surface area contributed by atoms with Gasteiger partial charge in [0.2, 0.25) is 0 Å². The quantitative estimate of drug-likeness (QED) is 0.699. The fourth-order valence-electron chi connectivity index (χ4n) is 7.02. The molecule has 0 radical (unpaired) electrons. The SMILES string of the molecule is CN(C)C[C@@H]1CC[C@@H](CCB2O[C@H]3C[C@H]4C[C@H](C4(C)C)[C@@]3(C)O2)C[C@@H]1C(=O)O. The minimum Gasteiger partial charge on any atom is -0.481 e. The topological polar surface area (TPSA) is 59.0 Å². The van der Waals surface area contributed by atoms with Gasteiger partial charge in [0, 0.05) is 6.54 Å². The molecule has 4 saturated carbocycles. The van der Waals surface area contributed by atoms with Crippen molar-refractivity contribution in [3.8, 4) is 0 Å². The number of carboxylic acid groups (broad SMARTS) is 1. The summed E-state index contributed by atoms with van der Waals surface area (Å²) in [6.45, 7) is 7.92. The fraction of sp³-hybridized carbons (Fsp3) is 0.955. The molecule has 0 spiro atoms. The van der Waals surface area contributed by atoms with E-state index in [0.29, 0.717) is 17.3 Å². The Morgan fingerprint density at radius 2 is 1.93 bits per heavy atom. The molecule has 0 aromatic heterocycles. The van der Waals surface area contributed by atoms with Crippen molar-refractivity contribution in [3.63, 3.8) is 0 Å². The van der Waals surface area contributed by atoms with Gasteiger partial charge in [0.1, 0.15) is 0 Å². The Labute approximate surface area is 170 Å². The first kappa shape index (κ1) is 20.7. The third-order valence-corrected chi connectivity index (χ3v) is 8.83. The minimum atomic E-state index is -0.620. The third kappa shape index (κ3) is 3.43. The third-order valence-electron chi connectivity index (χ3n) is 8.83. The van der Waals surface area contributed by atoms with Crippen molar-refractivity contribution in [3.05, 3.63) is 0 Å². The first-order valence-electron chi connectivity index (χ1n) is 11.3. The number of carboxylic acids is 1. The van der Waals surface area contributed by atoms with Gasteiger partial charge in [-0.2, -0.15) is 0 Å². The van der Waals surface area contributed by atoms with Crippen LogP contribution in [-0.4, -0.2) is 55.4 Å². The molecule has 0 aromatic carbocycles. The van der Waals surface area contributed by atoms with Crippen LogP contribution in [0.2, 0.25) is 6.32 Å². The van der Waals surface area contributed by atoms with Crippen molar-refractivity contribution in [1.29, 1.82) is 0 Å². The van der Waals surface area contributed by atoms with Crippen LogP contribution in [0.1, 0.15) is 59.3 Å². The molecule has 158 valence electrons. The maximum Gasteiger partial charge on any atom is 0.457 e. The highest BCUT2D eigenvalue weighted by Gasteiger charge is 2.67. The highest BCUT2D eigenvalue weighted by molar-refractivity contribution is 6.45. The van der Waals surface area contributed by atoms with Crippen LogP contribution >= 0.6 is 0 Å². The van der Waals surface area contributed by atoms with Gasteiger partial charge in [-0.1, -0.05) is 26.7 Å². The van der Waals surface area contributed by atoms with E-state index in [9.17, 15) is 9.90 Å². The Morgan fingerprint density at radius 1 is 1.18 bits per heavy atom. The Balaban J connectivity index is 1.31. The Kier molecular flexibility index (Phi) is 5.38. The Bertz CT molecular complexity index is 611. The first-order valence-corrected chi connectivity index (χ1v) is 11.3. The van der Waals surface area contributed by atoms with Crippen molar-refractivity contribution >= 4 is 13.1 Å². The molecule has 4 aliphatic carbocycles. The van der Waals surface area contributed by atoms with Gasteiger partial charge in [0.05, 0.1) is 17.6 Å². The zero-order valence-corrected chi connectivity index (χ0v) is 18.3. The van der Waals surface area contributed by atoms with E-state index in [1.807, 2.05) is 14.1 Å². The number of nitrogens with zero attached hydrogens (tertiary/aromatic N) is 1. The lowest BCUT2D eigenvalue weighted by Crippen LogP contribution is -2.65. The summed E-state index contributed by atoms with van der Waals surface area (Å²) in [5.74, 6) is 1.31. The lowest BCUT2D eigenvalue weighted by molar-refractivity contribution is -0.199. The molecule has 1 saturated heterocycles. The molecule has 28 heavy (non-hydrogen) atoms. The van der Waals surface area contributed by atoms with Gasteiger partial charge in [-0.3, -0.25) is 4.79 Å². The van der Waals surface area contributed by atoms with Gasteiger partial charge in [-0.25, -0.2) is 0 Å². The predicted molar refractivity (Wildman–Crippen MR) is 110 cm³/mol. The number of carbonyl (C=O) groups is 1. The summed E-state index contributed by atoms with van der Waals surface area (Å²) < 4.78 is 12.9. The van der Waals surface area contributed by atoms with E-state index in [2.05, 4.69) is 25.7 Å². The molecule has 2 bridgehead atoms. The summed E-state index contributed by atoms with van der Waals surface area (Å²) in [6, 6.07) is 0. The van der Waals surface area contributed by atoms with E-state index in [4.69, 9.17) is 9.31 Å². The monoisotopic (exact) mass is 391 g/mol. The van der Waals surface area contributed by atoms with Gasteiger partial charge in [0.15, 0.2) is 0 Å². The summed E-state index contributed by atoms with van der Waals surface area (Å²) >= 11 is 0. The van der Waals surface area contributed by atoms with Crippen LogP contribution in [0.15, 0.2) is 0 Å². The van der Waals surface area contributed by atoms with Crippen LogP contribution in [0.3, 0.4) is 0 Å². The number of aliphatic carboxylic acids is 1. The van der Waals surface area contributed by atoms with Crippen molar-refractivity contribution in [2.45, 2.75) is 77.3 Å². The van der Waals surface area contributed by atoms with Gasteiger partial charge in [-0.15, -0.1) is 0 Å². The summed E-state index contributed by atoms with van der Waals surface area (Å²) in [7, 11) is 3.96. The molecule has 1 N–H and O–H groups in total. The molecule has 5 fully saturated rings. The average Bonchev–Trinajstić information content (AvgIpc) is 2.96. The van der Waals surface area contributed by atoms with Crippen LogP contribution in [-0.2, 0) is 14.1 Å². The van der Waals surface area contributed by atoms with E-state index in [-0.39, 0.29) is 30.7 Å². The molecule has 1 aliphatic heterocycles. The largest absolute Gasteiger partial charge is 0.481 e. The Morgan fingerprint density at radius 3 is 2.57 bits per heavy atom. The smallest absolute Gasteiger partial charge is 0.457 e. The van der Waals surface area contributed by atoms with E-state index >= 15 is 0 Å². The van der Waals surface area contributed by atoms with E-state index in [1.54, 1.807) is 0 Å². The number of hydrogen-bond donors (Lipinski definition) is 1. The van der Waals surface area contributed by atoms with Crippen molar-refractivity contribution in [2.75, 3.05) is 20.6 Å². The van der Waals surface area contributed by atoms with Crippen molar-refractivity contribution in [2.24, 2.45) is 35.0 Å². The highest BCUT2D eigenvalue weighted by Crippen LogP contribution is 2.65. The number of rotatable bonds is 6. The minimum absolute atomic E-state index is 0.104. The molecule has 0 unspecified atom stereocenters. The summed E-state index contributed by atoms with van der Waals surface area (Å²) in [5, 5.41) is 9.71. The van der Waals surface area contributed by atoms with Crippen LogP contribution in [0, 0.1) is 35.0 Å². The molecule has 5 rings (SSSR count). The molecule has 1 heterocycles. The van der Waals surface area contributed by atoms with Crippen molar-refractivity contribution < 1.29 is 19.2 Å². The normalized spacial score (nSPS) is 44.3. The summed E-state index contributed by atoms with van der Waals surface area (Å²) in [4.78, 5) is 13.9. The number of hydrogen-bond acceptors (Lipinski definition) is 4. The lowest BCUT2D eigenvalue weighted by Gasteiger charge is -2.64. The zero-order chi connectivity index (χ0) is 20.3. The summed E-state index contributed by atoms with van der Waals surface area (Å²) in [5.41, 5.74) is 0.249. The van der Waals surface area contributed by atoms with Gasteiger partial charge in [-0.05, 0) is 82.1 Å². The molecule has 0 aromatic rings. The van der Waals surface area contributed by atoms with Crippen LogP contribution < -0.4 is 0 Å². The average molecular weight is 391 g/mol. The van der Waals surface area contributed by atoms with E-state index in [1.165, 1.54) is 6.42 Å².